The van der Waals surface area contributed by atoms with Gasteiger partial charge in [-0.15, -0.1) is 0 Å². The Morgan fingerprint density at radius 2 is 1.38 bits per heavy atom. The summed E-state index contributed by atoms with van der Waals surface area (Å²) in [6.07, 6.45) is 6.83. The number of hydrogen-bond acceptors (Lipinski definition) is 4. The second-order valence-corrected chi connectivity index (χ2v) is 8.99. The number of benzene rings is 1. The van der Waals surface area contributed by atoms with E-state index in [0.717, 1.165) is 19.3 Å². The zero-order valence-electron chi connectivity index (χ0n) is 16.8. The molecule has 0 aromatic heterocycles. The van der Waals surface area contributed by atoms with E-state index in [-0.39, 0.29) is 36.3 Å². The van der Waals surface area contributed by atoms with Crippen molar-refractivity contribution in [2.75, 3.05) is 30.9 Å². The maximum Gasteiger partial charge on any atom is 0.250 e. The number of carbonyl (C=O) groups excluding carboxylic acids is 3. The Kier molecular flexibility index (Phi) is 5.58. The monoisotopic (exact) mass is 399 g/mol. The van der Waals surface area contributed by atoms with Crippen LogP contribution in [0.2, 0.25) is 0 Å². The van der Waals surface area contributed by atoms with Crippen molar-refractivity contribution >= 4 is 29.1 Å². The molecule has 0 spiro atoms. The molecule has 0 saturated heterocycles. The van der Waals surface area contributed by atoms with Crippen molar-refractivity contribution in [3.8, 4) is 0 Å². The molecule has 3 amide bonds. The van der Waals surface area contributed by atoms with Gasteiger partial charge >= 0.3 is 0 Å². The van der Waals surface area contributed by atoms with Crippen molar-refractivity contribution in [3.05, 3.63) is 24.3 Å². The zero-order chi connectivity index (χ0) is 20.4. The second kappa shape index (κ2) is 8.14. The third-order valence-corrected chi connectivity index (χ3v) is 6.66. The molecule has 4 fully saturated rings. The molecule has 7 heteroatoms. The van der Waals surface area contributed by atoms with Gasteiger partial charge in [0.25, 0.3) is 0 Å². The minimum atomic E-state index is -0.251. The number of rotatable bonds is 7. The summed E-state index contributed by atoms with van der Waals surface area (Å²) >= 11 is 0. The molecule has 7 nitrogen and oxygen atoms in total. The summed E-state index contributed by atoms with van der Waals surface area (Å²) in [4.78, 5) is 36.7. The average molecular weight is 399 g/mol. The lowest BCUT2D eigenvalue weighted by Crippen LogP contribution is -2.54. The first kappa shape index (κ1) is 19.9. The molecule has 0 radical (unpaired) electrons. The van der Waals surface area contributed by atoms with Gasteiger partial charge in [-0.3, -0.25) is 14.4 Å². The smallest absolute Gasteiger partial charge is 0.250 e. The number of methoxy groups -OCH3 is 1. The highest BCUT2D eigenvalue weighted by Crippen LogP contribution is 2.60. The van der Waals surface area contributed by atoms with E-state index in [1.165, 1.54) is 26.4 Å². The number of ether oxygens (including phenoxy) is 1. The summed E-state index contributed by atoms with van der Waals surface area (Å²) in [5.41, 5.74) is 1.00. The summed E-state index contributed by atoms with van der Waals surface area (Å²) in [5.74, 6) is 1.66. The van der Waals surface area contributed by atoms with Gasteiger partial charge in [0.1, 0.15) is 6.61 Å². The molecular weight excluding hydrogens is 370 g/mol. The van der Waals surface area contributed by atoms with Crippen LogP contribution in [-0.4, -0.2) is 38.0 Å². The van der Waals surface area contributed by atoms with E-state index in [9.17, 15) is 14.4 Å². The Bertz CT molecular complexity index is 754. The van der Waals surface area contributed by atoms with Crippen LogP contribution in [0.3, 0.4) is 0 Å². The first-order valence-corrected chi connectivity index (χ1v) is 10.4. The summed E-state index contributed by atoms with van der Waals surface area (Å²) in [7, 11) is 1.46. The van der Waals surface area contributed by atoms with Gasteiger partial charge in [-0.1, -0.05) is 0 Å². The van der Waals surface area contributed by atoms with Crippen LogP contribution >= 0.6 is 0 Å². The van der Waals surface area contributed by atoms with E-state index in [1.807, 2.05) is 0 Å². The SMILES string of the molecule is COCC(=O)Nc1ccc(NC(=O)CNC(=O)C23CC4CC(CC(C4)C2)C3)cc1. The highest BCUT2D eigenvalue weighted by atomic mass is 16.5. The molecule has 1 aromatic rings. The number of hydrogen-bond donors (Lipinski definition) is 3. The lowest BCUT2D eigenvalue weighted by Gasteiger charge is -2.55. The normalized spacial score (nSPS) is 29.3. The van der Waals surface area contributed by atoms with Crippen LogP contribution in [0.1, 0.15) is 38.5 Å². The van der Waals surface area contributed by atoms with Crippen LogP contribution in [0.25, 0.3) is 0 Å². The number of carbonyl (C=O) groups is 3. The minimum Gasteiger partial charge on any atom is -0.375 e. The molecule has 0 atom stereocenters. The van der Waals surface area contributed by atoms with Crippen molar-refractivity contribution < 1.29 is 19.1 Å². The summed E-state index contributed by atoms with van der Waals surface area (Å²) in [6.45, 7) is -0.0329. The van der Waals surface area contributed by atoms with E-state index in [4.69, 9.17) is 4.74 Å². The van der Waals surface area contributed by atoms with Crippen molar-refractivity contribution in [2.45, 2.75) is 38.5 Å². The molecule has 0 heterocycles. The van der Waals surface area contributed by atoms with Gasteiger partial charge in [0.05, 0.1) is 6.54 Å². The Labute approximate surface area is 171 Å². The number of anilines is 2. The van der Waals surface area contributed by atoms with Crippen LogP contribution in [-0.2, 0) is 19.1 Å². The maximum absolute atomic E-state index is 12.9. The highest BCUT2D eigenvalue weighted by molar-refractivity contribution is 5.96. The Hall–Kier alpha value is -2.41. The number of amides is 3. The third-order valence-electron chi connectivity index (χ3n) is 6.66. The predicted molar refractivity (Wildman–Crippen MR) is 109 cm³/mol. The van der Waals surface area contributed by atoms with Crippen molar-refractivity contribution in [3.63, 3.8) is 0 Å². The number of nitrogens with one attached hydrogen (secondary N) is 3. The Balaban J connectivity index is 1.26. The Morgan fingerprint density at radius 1 is 0.897 bits per heavy atom. The molecule has 4 saturated carbocycles. The Morgan fingerprint density at radius 3 is 1.86 bits per heavy atom. The van der Waals surface area contributed by atoms with Gasteiger partial charge in [0, 0.05) is 23.9 Å². The van der Waals surface area contributed by atoms with Crippen molar-refractivity contribution in [1.82, 2.24) is 5.32 Å². The van der Waals surface area contributed by atoms with E-state index in [0.29, 0.717) is 29.1 Å². The first-order chi connectivity index (χ1) is 14.0. The van der Waals surface area contributed by atoms with E-state index < -0.39 is 0 Å². The molecule has 4 aliphatic carbocycles. The van der Waals surface area contributed by atoms with E-state index in [2.05, 4.69) is 16.0 Å². The maximum atomic E-state index is 12.9. The van der Waals surface area contributed by atoms with Crippen molar-refractivity contribution in [2.24, 2.45) is 23.2 Å². The van der Waals surface area contributed by atoms with Crippen LogP contribution in [0, 0.1) is 23.2 Å². The fourth-order valence-electron chi connectivity index (χ4n) is 5.91. The fraction of sp³-hybridized carbons (Fsp3) is 0.591. The first-order valence-electron chi connectivity index (χ1n) is 10.4. The van der Waals surface area contributed by atoms with Gasteiger partial charge in [-0.05, 0) is 80.5 Å². The molecule has 29 heavy (non-hydrogen) atoms. The third kappa shape index (κ3) is 4.45. The molecule has 156 valence electrons. The summed E-state index contributed by atoms with van der Waals surface area (Å²) in [5, 5.41) is 8.37. The van der Waals surface area contributed by atoms with Crippen LogP contribution in [0.4, 0.5) is 11.4 Å². The summed E-state index contributed by atoms with van der Waals surface area (Å²) < 4.78 is 4.77. The molecule has 3 N–H and O–H groups in total. The zero-order valence-corrected chi connectivity index (χ0v) is 16.8. The molecule has 0 aliphatic heterocycles. The second-order valence-electron chi connectivity index (χ2n) is 8.99. The molecular formula is C22H29N3O4. The van der Waals surface area contributed by atoms with Gasteiger partial charge < -0.3 is 20.7 Å². The van der Waals surface area contributed by atoms with Crippen LogP contribution in [0.5, 0.6) is 0 Å². The quantitative estimate of drug-likeness (QED) is 0.656. The fourth-order valence-corrected chi connectivity index (χ4v) is 5.91. The van der Waals surface area contributed by atoms with Crippen LogP contribution < -0.4 is 16.0 Å². The minimum absolute atomic E-state index is 0.0120. The average Bonchev–Trinajstić information content (AvgIpc) is 2.67. The topological polar surface area (TPSA) is 96.5 Å². The van der Waals surface area contributed by atoms with Gasteiger partial charge in [-0.2, -0.15) is 0 Å². The van der Waals surface area contributed by atoms with Crippen LogP contribution in [0.15, 0.2) is 24.3 Å². The predicted octanol–water partition coefficient (Wildman–Crippen LogP) is 2.54. The molecule has 0 unspecified atom stereocenters. The highest BCUT2D eigenvalue weighted by Gasteiger charge is 2.54. The van der Waals surface area contributed by atoms with Gasteiger partial charge in [-0.25, -0.2) is 0 Å². The standard InChI is InChI=1S/C22H29N3O4/c1-29-13-20(27)25-18-4-2-17(3-5-18)24-19(26)12-23-21(28)22-9-14-6-15(10-22)8-16(7-14)11-22/h2-5,14-16H,6-13H2,1H3,(H,23,28)(H,24,26)(H,25,27). The largest absolute Gasteiger partial charge is 0.375 e. The molecule has 1 aromatic carbocycles. The van der Waals surface area contributed by atoms with E-state index >= 15 is 0 Å². The van der Waals surface area contributed by atoms with E-state index in [1.54, 1.807) is 24.3 Å². The molecule has 5 rings (SSSR count). The molecule has 4 aliphatic rings. The lowest BCUT2D eigenvalue weighted by atomic mass is 9.49. The lowest BCUT2D eigenvalue weighted by molar-refractivity contribution is -0.146. The van der Waals surface area contributed by atoms with Gasteiger partial charge in [0.15, 0.2) is 0 Å². The van der Waals surface area contributed by atoms with Gasteiger partial charge in [0.2, 0.25) is 17.7 Å². The van der Waals surface area contributed by atoms with Crippen molar-refractivity contribution in [1.29, 1.82) is 0 Å². The summed E-state index contributed by atoms with van der Waals surface area (Å²) in [6, 6.07) is 6.83. The molecule has 4 bridgehead atoms.